The molecule has 112 valence electrons. The zero-order valence-corrected chi connectivity index (χ0v) is 11.2. The zero-order valence-electron chi connectivity index (χ0n) is 11.2. The smallest absolute Gasteiger partial charge is 0.394 e. The Balaban J connectivity index is 2.71. The molecular weight excluding hydrogens is 273 g/mol. The van der Waals surface area contributed by atoms with E-state index in [1.54, 1.807) is 0 Å². The van der Waals surface area contributed by atoms with E-state index >= 15 is 0 Å². The average Bonchev–Trinajstić information content (AvgIpc) is 2.34. The number of nitrogens with one attached hydrogen (secondary N) is 2. The Bertz CT molecular complexity index is 461. The number of hydrogen-bond acceptors (Lipinski definition) is 2. The molecule has 0 aliphatic carbocycles. The van der Waals surface area contributed by atoms with Gasteiger partial charge in [-0.25, -0.2) is 4.79 Å². The monoisotopic (exact) mass is 290 g/mol. The van der Waals surface area contributed by atoms with Gasteiger partial charge in [-0.1, -0.05) is 19.9 Å². The molecular formula is C13H17F3N2O2. The molecule has 0 aromatic heterocycles. The maximum Gasteiger partial charge on any atom is 0.416 e. The molecule has 0 aliphatic rings. The summed E-state index contributed by atoms with van der Waals surface area (Å²) in [5.74, 6) is 0.00672. The standard InChI is InChI=1S/C13H17F3N2O2/c1-8(2)11(7-19)18-12(20)17-10-5-3-4-9(6-10)13(14,15)16/h3-6,8,11,19H,7H2,1-2H3,(H2,17,18,20). The molecule has 0 heterocycles. The van der Waals surface area contributed by atoms with Crippen LogP contribution in [-0.2, 0) is 6.18 Å². The van der Waals surface area contributed by atoms with E-state index in [9.17, 15) is 18.0 Å². The number of amides is 2. The summed E-state index contributed by atoms with van der Waals surface area (Å²) in [6.45, 7) is 3.38. The van der Waals surface area contributed by atoms with Crippen molar-refractivity contribution in [3.05, 3.63) is 29.8 Å². The van der Waals surface area contributed by atoms with Gasteiger partial charge in [0, 0.05) is 5.69 Å². The van der Waals surface area contributed by atoms with Crippen molar-refractivity contribution in [2.24, 2.45) is 5.92 Å². The molecule has 0 aliphatic heterocycles. The van der Waals surface area contributed by atoms with E-state index in [2.05, 4.69) is 10.6 Å². The third-order valence-corrected chi connectivity index (χ3v) is 2.77. The molecule has 1 atom stereocenters. The van der Waals surface area contributed by atoms with Crippen LogP contribution in [0.15, 0.2) is 24.3 Å². The Hall–Kier alpha value is -1.76. The van der Waals surface area contributed by atoms with E-state index in [1.165, 1.54) is 12.1 Å². The molecule has 0 bridgehead atoms. The Kier molecular flexibility index (Phi) is 5.38. The van der Waals surface area contributed by atoms with E-state index in [-0.39, 0.29) is 18.2 Å². The number of rotatable bonds is 4. The molecule has 2 amide bonds. The number of benzene rings is 1. The lowest BCUT2D eigenvalue weighted by molar-refractivity contribution is -0.137. The van der Waals surface area contributed by atoms with Crippen molar-refractivity contribution in [3.63, 3.8) is 0 Å². The molecule has 7 heteroatoms. The zero-order chi connectivity index (χ0) is 15.3. The van der Waals surface area contributed by atoms with E-state index in [1.807, 2.05) is 13.8 Å². The van der Waals surface area contributed by atoms with Crippen molar-refractivity contribution >= 4 is 11.7 Å². The molecule has 0 radical (unpaired) electrons. The maximum atomic E-state index is 12.5. The number of carbonyl (C=O) groups excluding carboxylic acids is 1. The minimum absolute atomic E-state index is 0.00672. The molecule has 0 spiro atoms. The van der Waals surface area contributed by atoms with Crippen molar-refractivity contribution in [2.75, 3.05) is 11.9 Å². The van der Waals surface area contributed by atoms with Gasteiger partial charge in [-0.2, -0.15) is 13.2 Å². The fourth-order valence-electron chi connectivity index (χ4n) is 1.53. The topological polar surface area (TPSA) is 61.4 Å². The lowest BCUT2D eigenvalue weighted by atomic mass is 10.1. The van der Waals surface area contributed by atoms with Crippen molar-refractivity contribution < 1.29 is 23.1 Å². The summed E-state index contributed by atoms with van der Waals surface area (Å²) in [7, 11) is 0. The van der Waals surface area contributed by atoms with Gasteiger partial charge < -0.3 is 15.7 Å². The normalized spacial score (nSPS) is 13.2. The number of alkyl halides is 3. The van der Waals surface area contributed by atoms with Gasteiger partial charge in [0.05, 0.1) is 18.2 Å². The fraction of sp³-hybridized carbons (Fsp3) is 0.462. The number of aliphatic hydroxyl groups is 1. The van der Waals surface area contributed by atoms with Crippen LogP contribution in [0.25, 0.3) is 0 Å². The molecule has 0 saturated carbocycles. The van der Waals surface area contributed by atoms with Crippen LogP contribution in [0.2, 0.25) is 0 Å². The van der Waals surface area contributed by atoms with Gasteiger partial charge in [-0.05, 0) is 24.1 Å². The summed E-state index contributed by atoms with van der Waals surface area (Å²) in [5, 5.41) is 13.9. The minimum atomic E-state index is -4.46. The van der Waals surface area contributed by atoms with E-state index in [0.717, 1.165) is 12.1 Å². The van der Waals surface area contributed by atoms with E-state index < -0.39 is 23.8 Å². The minimum Gasteiger partial charge on any atom is -0.394 e. The molecule has 20 heavy (non-hydrogen) atoms. The quantitative estimate of drug-likeness (QED) is 0.798. The number of anilines is 1. The Morgan fingerprint density at radius 1 is 1.35 bits per heavy atom. The second-order valence-electron chi connectivity index (χ2n) is 4.71. The summed E-state index contributed by atoms with van der Waals surface area (Å²) >= 11 is 0. The molecule has 4 nitrogen and oxygen atoms in total. The van der Waals surface area contributed by atoms with E-state index in [4.69, 9.17) is 5.11 Å². The summed E-state index contributed by atoms with van der Waals surface area (Å²) in [6, 6.07) is 3.23. The van der Waals surface area contributed by atoms with Gasteiger partial charge in [-0.15, -0.1) is 0 Å². The second kappa shape index (κ2) is 6.60. The predicted molar refractivity (Wildman–Crippen MR) is 69.3 cm³/mol. The van der Waals surface area contributed by atoms with Crippen LogP contribution in [-0.4, -0.2) is 23.8 Å². The largest absolute Gasteiger partial charge is 0.416 e. The average molecular weight is 290 g/mol. The first-order valence-electron chi connectivity index (χ1n) is 6.09. The van der Waals surface area contributed by atoms with Crippen LogP contribution in [0.4, 0.5) is 23.7 Å². The molecule has 1 aromatic carbocycles. The summed E-state index contributed by atoms with van der Waals surface area (Å²) in [5.41, 5.74) is -0.796. The van der Waals surface area contributed by atoms with Crippen LogP contribution in [0, 0.1) is 5.92 Å². The number of hydrogen-bond donors (Lipinski definition) is 3. The van der Waals surface area contributed by atoms with Crippen molar-refractivity contribution in [1.82, 2.24) is 5.32 Å². The Morgan fingerprint density at radius 3 is 2.50 bits per heavy atom. The summed E-state index contributed by atoms with van der Waals surface area (Å²) < 4.78 is 37.5. The van der Waals surface area contributed by atoms with E-state index in [0.29, 0.717) is 0 Å². The predicted octanol–water partition coefficient (Wildman–Crippen LogP) is 2.84. The third-order valence-electron chi connectivity index (χ3n) is 2.77. The molecule has 1 aromatic rings. The van der Waals surface area contributed by atoms with Gasteiger partial charge in [0.25, 0.3) is 0 Å². The molecule has 3 N–H and O–H groups in total. The van der Waals surface area contributed by atoms with Crippen LogP contribution in [0.3, 0.4) is 0 Å². The first-order chi connectivity index (χ1) is 9.24. The molecule has 0 saturated heterocycles. The Morgan fingerprint density at radius 2 is 2.00 bits per heavy atom. The van der Waals surface area contributed by atoms with Crippen molar-refractivity contribution in [1.29, 1.82) is 0 Å². The molecule has 0 fully saturated rings. The lowest BCUT2D eigenvalue weighted by Crippen LogP contribution is -2.43. The molecule has 1 rings (SSSR count). The third kappa shape index (κ3) is 4.73. The first-order valence-corrected chi connectivity index (χ1v) is 6.09. The Labute approximate surface area is 115 Å². The van der Waals surface area contributed by atoms with Crippen LogP contribution < -0.4 is 10.6 Å². The van der Waals surface area contributed by atoms with Gasteiger partial charge in [0.1, 0.15) is 0 Å². The van der Waals surface area contributed by atoms with Gasteiger partial charge in [0.15, 0.2) is 0 Å². The van der Waals surface area contributed by atoms with Crippen molar-refractivity contribution in [2.45, 2.75) is 26.1 Å². The highest BCUT2D eigenvalue weighted by Crippen LogP contribution is 2.30. The fourth-order valence-corrected chi connectivity index (χ4v) is 1.53. The number of urea groups is 1. The highest BCUT2D eigenvalue weighted by atomic mass is 19.4. The maximum absolute atomic E-state index is 12.5. The van der Waals surface area contributed by atoms with Gasteiger partial charge in [0.2, 0.25) is 0 Å². The second-order valence-corrected chi connectivity index (χ2v) is 4.71. The summed E-state index contributed by atoms with van der Waals surface area (Å²) in [6.07, 6.45) is -4.46. The highest BCUT2D eigenvalue weighted by Gasteiger charge is 2.30. The van der Waals surface area contributed by atoms with Crippen LogP contribution >= 0.6 is 0 Å². The first kappa shape index (κ1) is 16.3. The number of carbonyl (C=O) groups is 1. The van der Waals surface area contributed by atoms with Crippen molar-refractivity contribution in [3.8, 4) is 0 Å². The van der Waals surface area contributed by atoms with Crippen LogP contribution in [0.5, 0.6) is 0 Å². The lowest BCUT2D eigenvalue weighted by Gasteiger charge is -2.20. The number of aliphatic hydroxyl groups excluding tert-OH is 1. The highest BCUT2D eigenvalue weighted by molar-refractivity contribution is 5.89. The SMILES string of the molecule is CC(C)C(CO)NC(=O)Nc1cccc(C(F)(F)F)c1. The molecule has 1 unspecified atom stereocenters. The van der Waals surface area contributed by atoms with Gasteiger partial charge >= 0.3 is 12.2 Å². The number of halogens is 3. The van der Waals surface area contributed by atoms with Crippen LogP contribution in [0.1, 0.15) is 19.4 Å². The summed E-state index contributed by atoms with van der Waals surface area (Å²) in [4.78, 5) is 11.6. The van der Waals surface area contributed by atoms with Gasteiger partial charge in [-0.3, -0.25) is 0 Å².